The molecule has 0 spiro atoms. The van der Waals surface area contributed by atoms with Crippen molar-refractivity contribution in [3.8, 4) is 0 Å². The molecular weight excluding hydrogens is 500 g/mol. The number of cyclic esters (lactones) is 1. The average Bonchev–Trinajstić information content (AvgIpc) is 3.41. The lowest BCUT2D eigenvalue weighted by Crippen LogP contribution is -2.69. The number of Topliss-reactive ketones (excluding diaryl/α,β-unsaturated/α-hetero) is 1. The number of carbonyl (C=O) groups excluding carboxylic acids is 4. The predicted octanol–water partition coefficient (Wildman–Crippen LogP) is 5.30. The van der Waals surface area contributed by atoms with Gasteiger partial charge in [-0.3, -0.25) is 19.2 Å². The summed E-state index contributed by atoms with van der Waals surface area (Å²) < 4.78 is 22.5. The summed E-state index contributed by atoms with van der Waals surface area (Å²) in [6.07, 6.45) is 4.62. The van der Waals surface area contributed by atoms with Gasteiger partial charge in [-0.25, -0.2) is 0 Å². The van der Waals surface area contributed by atoms with Crippen molar-refractivity contribution in [1.29, 1.82) is 0 Å². The number of hydrogen-bond acceptors (Lipinski definition) is 8. The summed E-state index contributed by atoms with van der Waals surface area (Å²) in [4.78, 5) is 53.1. The Labute approximate surface area is 230 Å². The van der Waals surface area contributed by atoms with Gasteiger partial charge in [0.15, 0.2) is 0 Å². The van der Waals surface area contributed by atoms with Crippen LogP contribution in [0.3, 0.4) is 0 Å². The number of ether oxygens (including phenoxy) is 3. The summed E-state index contributed by atoms with van der Waals surface area (Å²) in [5.74, 6) is -2.12. The summed E-state index contributed by atoms with van der Waals surface area (Å²) in [6.45, 7) is 11.8. The molecule has 1 aromatic rings. The molecule has 1 aliphatic heterocycles. The highest BCUT2D eigenvalue weighted by molar-refractivity contribution is 5.91. The van der Waals surface area contributed by atoms with E-state index in [1.807, 2.05) is 26.8 Å². The lowest BCUT2D eigenvalue weighted by Gasteiger charge is -2.67. The van der Waals surface area contributed by atoms with Gasteiger partial charge in [-0.2, -0.15) is 0 Å². The van der Waals surface area contributed by atoms with Gasteiger partial charge in [-0.15, -0.1) is 0 Å². The van der Waals surface area contributed by atoms with Crippen molar-refractivity contribution in [2.75, 3.05) is 7.11 Å². The van der Waals surface area contributed by atoms with E-state index in [4.69, 9.17) is 18.6 Å². The summed E-state index contributed by atoms with van der Waals surface area (Å²) in [5.41, 5.74) is -0.940. The van der Waals surface area contributed by atoms with Crippen molar-refractivity contribution < 1.29 is 37.8 Å². The third kappa shape index (κ3) is 4.07. The quantitative estimate of drug-likeness (QED) is 0.364. The molecule has 3 saturated carbocycles. The first kappa shape index (κ1) is 27.9. The first-order chi connectivity index (χ1) is 18.3. The van der Waals surface area contributed by atoms with E-state index >= 15 is 0 Å². The van der Waals surface area contributed by atoms with E-state index in [2.05, 4.69) is 6.92 Å². The molecule has 4 fully saturated rings. The lowest BCUT2D eigenvalue weighted by atomic mass is 9.37. The highest BCUT2D eigenvalue weighted by Crippen LogP contribution is 2.70. The second kappa shape index (κ2) is 9.48. The number of furan rings is 1. The molecule has 5 rings (SSSR count). The van der Waals surface area contributed by atoms with Crippen molar-refractivity contribution in [2.45, 2.75) is 85.9 Å². The van der Waals surface area contributed by atoms with Crippen molar-refractivity contribution in [1.82, 2.24) is 0 Å². The Bertz CT molecular complexity index is 1150. The Morgan fingerprint density at radius 1 is 1.13 bits per heavy atom. The average molecular weight is 543 g/mol. The molecule has 2 heterocycles. The zero-order valence-corrected chi connectivity index (χ0v) is 24.2. The first-order valence-electron chi connectivity index (χ1n) is 14.3. The smallest absolute Gasteiger partial charge is 0.308 e. The van der Waals surface area contributed by atoms with Crippen molar-refractivity contribution in [2.24, 2.45) is 51.8 Å². The number of hydrogen-bond donors (Lipinski definition) is 0. The fourth-order valence-electron chi connectivity index (χ4n) is 9.17. The Balaban J connectivity index is 1.61. The molecule has 8 nitrogen and oxygen atoms in total. The summed E-state index contributed by atoms with van der Waals surface area (Å²) in [6, 6.07) is 1.86. The van der Waals surface area contributed by atoms with E-state index in [1.165, 1.54) is 7.11 Å². The van der Waals surface area contributed by atoms with Gasteiger partial charge in [0, 0.05) is 34.7 Å². The van der Waals surface area contributed by atoms with Gasteiger partial charge in [0.05, 0.1) is 31.5 Å². The number of carbonyl (C=O) groups is 4. The Morgan fingerprint density at radius 3 is 2.46 bits per heavy atom. The zero-order chi connectivity index (χ0) is 28.5. The molecule has 0 amide bonds. The van der Waals surface area contributed by atoms with E-state index in [-0.39, 0.29) is 71.5 Å². The van der Waals surface area contributed by atoms with Gasteiger partial charge in [0.1, 0.15) is 18.0 Å². The standard InChI is InChI=1S/C31H42O8/c1-16(2)28(35)39-27-19-12-18-20(31(6,25(19)34)22(29(27,3)4)14-23(32)36-7)8-10-30(5)21(18)13-24(33)38-26(30)17-9-11-37-15-17/h9,11,15-16,18-22,26-27H,8,10,12-14H2,1-7H3. The van der Waals surface area contributed by atoms with Crippen LogP contribution in [0.5, 0.6) is 0 Å². The normalized spacial score (nSPS) is 40.8. The molecular formula is C31H42O8. The molecule has 9 unspecified atom stereocenters. The van der Waals surface area contributed by atoms with E-state index in [0.717, 1.165) is 18.4 Å². The third-order valence-electron chi connectivity index (χ3n) is 11.2. The number of rotatable bonds is 5. The molecule has 9 atom stereocenters. The highest BCUT2D eigenvalue weighted by atomic mass is 16.6. The van der Waals surface area contributed by atoms with E-state index < -0.39 is 29.0 Å². The van der Waals surface area contributed by atoms with Crippen LogP contribution in [0.4, 0.5) is 0 Å². The van der Waals surface area contributed by atoms with Crippen LogP contribution in [-0.4, -0.2) is 36.9 Å². The van der Waals surface area contributed by atoms with Gasteiger partial charge < -0.3 is 18.6 Å². The van der Waals surface area contributed by atoms with Gasteiger partial charge in [-0.1, -0.05) is 41.5 Å². The molecule has 1 saturated heterocycles. The number of methoxy groups -OCH3 is 1. The molecule has 3 aliphatic carbocycles. The molecule has 0 aromatic carbocycles. The predicted molar refractivity (Wildman–Crippen MR) is 140 cm³/mol. The monoisotopic (exact) mass is 542 g/mol. The molecule has 0 N–H and O–H groups in total. The second-order valence-corrected chi connectivity index (χ2v) is 13.7. The Morgan fingerprint density at radius 2 is 1.85 bits per heavy atom. The third-order valence-corrected chi connectivity index (χ3v) is 11.2. The number of fused-ring (bicyclic) bond motifs is 6. The van der Waals surface area contributed by atoms with Gasteiger partial charge in [0.25, 0.3) is 0 Å². The molecule has 4 aliphatic rings. The molecule has 0 radical (unpaired) electrons. The van der Waals surface area contributed by atoms with Gasteiger partial charge in [-0.05, 0) is 49.0 Å². The minimum absolute atomic E-state index is 0.00842. The summed E-state index contributed by atoms with van der Waals surface area (Å²) >= 11 is 0. The Kier molecular flexibility index (Phi) is 6.78. The van der Waals surface area contributed by atoms with Crippen LogP contribution in [-0.2, 0) is 33.4 Å². The van der Waals surface area contributed by atoms with Gasteiger partial charge in [0.2, 0.25) is 0 Å². The number of ketones is 1. The summed E-state index contributed by atoms with van der Waals surface area (Å²) in [7, 11) is 1.36. The number of esters is 3. The Hall–Kier alpha value is -2.64. The topological polar surface area (TPSA) is 109 Å². The minimum Gasteiger partial charge on any atom is -0.472 e. The van der Waals surface area contributed by atoms with E-state index in [1.54, 1.807) is 26.4 Å². The van der Waals surface area contributed by atoms with Crippen LogP contribution in [0.25, 0.3) is 0 Å². The fraction of sp³-hybridized carbons (Fsp3) is 0.742. The maximum Gasteiger partial charge on any atom is 0.308 e. The SMILES string of the molecule is COC(=O)CC1C(C)(C)C(OC(=O)C(C)C)C2CC3C4CC(=O)OC(c5ccoc5)C4(C)CCC3C1(C)C2=O. The lowest BCUT2D eigenvalue weighted by molar-refractivity contribution is -0.232. The van der Waals surface area contributed by atoms with Gasteiger partial charge >= 0.3 is 17.9 Å². The van der Waals surface area contributed by atoms with Crippen molar-refractivity contribution in [3.05, 3.63) is 24.2 Å². The van der Waals surface area contributed by atoms with Crippen LogP contribution in [0.2, 0.25) is 0 Å². The minimum atomic E-state index is -0.820. The van der Waals surface area contributed by atoms with Crippen LogP contribution >= 0.6 is 0 Å². The van der Waals surface area contributed by atoms with E-state index in [9.17, 15) is 19.2 Å². The molecule has 8 heteroatoms. The molecule has 1 aromatic heterocycles. The molecule has 214 valence electrons. The fourth-order valence-corrected chi connectivity index (χ4v) is 9.17. The van der Waals surface area contributed by atoms with Crippen LogP contribution in [0.1, 0.15) is 85.3 Å². The largest absolute Gasteiger partial charge is 0.472 e. The van der Waals surface area contributed by atoms with Crippen LogP contribution in [0, 0.1) is 51.8 Å². The molecule has 2 bridgehead atoms. The van der Waals surface area contributed by atoms with Crippen LogP contribution < -0.4 is 0 Å². The van der Waals surface area contributed by atoms with Crippen LogP contribution in [0.15, 0.2) is 23.0 Å². The highest BCUT2D eigenvalue weighted by Gasteiger charge is 2.71. The maximum absolute atomic E-state index is 14.4. The first-order valence-corrected chi connectivity index (χ1v) is 14.3. The van der Waals surface area contributed by atoms with E-state index in [0.29, 0.717) is 6.42 Å². The maximum atomic E-state index is 14.4. The summed E-state index contributed by atoms with van der Waals surface area (Å²) in [5, 5.41) is 0. The second-order valence-electron chi connectivity index (χ2n) is 13.7. The molecule has 39 heavy (non-hydrogen) atoms. The van der Waals surface area contributed by atoms with Crippen molar-refractivity contribution in [3.63, 3.8) is 0 Å². The van der Waals surface area contributed by atoms with Crippen molar-refractivity contribution >= 4 is 23.7 Å². The zero-order valence-electron chi connectivity index (χ0n) is 24.2.